The van der Waals surface area contributed by atoms with Crippen molar-refractivity contribution in [2.45, 2.75) is 6.92 Å². The number of carbonyl (C=O) groups excluding carboxylic acids is 1. The summed E-state index contributed by atoms with van der Waals surface area (Å²) in [6.07, 6.45) is 4.59. The van der Waals surface area contributed by atoms with E-state index in [-0.39, 0.29) is 23.0 Å². The van der Waals surface area contributed by atoms with Gasteiger partial charge in [-0.2, -0.15) is 5.10 Å². The predicted octanol–water partition coefficient (Wildman–Crippen LogP) is 3.17. The molecule has 0 unspecified atom stereocenters. The van der Waals surface area contributed by atoms with Gasteiger partial charge < -0.3 is 14.8 Å². The summed E-state index contributed by atoms with van der Waals surface area (Å²) in [4.78, 5) is 29.1. The summed E-state index contributed by atoms with van der Waals surface area (Å²) >= 11 is 0. The van der Waals surface area contributed by atoms with E-state index < -0.39 is 17.2 Å². The zero-order valence-corrected chi connectivity index (χ0v) is 19.0. The summed E-state index contributed by atoms with van der Waals surface area (Å²) < 4.78 is 28.5. The highest BCUT2D eigenvalue weighted by Gasteiger charge is 2.17. The molecule has 12 heteroatoms. The van der Waals surface area contributed by atoms with E-state index in [1.54, 1.807) is 48.9 Å². The normalized spacial score (nSPS) is 10.9. The Kier molecular flexibility index (Phi) is 5.82. The third-order valence-corrected chi connectivity index (χ3v) is 5.22. The number of hydrogen-bond acceptors (Lipinski definition) is 8. The second-order valence-corrected chi connectivity index (χ2v) is 7.55. The Balaban J connectivity index is 1.36. The Morgan fingerprint density at radius 1 is 1.06 bits per heavy atom. The van der Waals surface area contributed by atoms with Crippen LogP contribution in [0.5, 0.6) is 17.4 Å². The van der Waals surface area contributed by atoms with Gasteiger partial charge in [-0.3, -0.25) is 14.0 Å². The lowest BCUT2D eigenvalue weighted by Crippen LogP contribution is -2.25. The van der Waals surface area contributed by atoms with Crippen molar-refractivity contribution in [3.05, 3.63) is 94.7 Å². The molecule has 0 saturated heterocycles. The third kappa shape index (κ3) is 4.34. The lowest BCUT2D eigenvalue weighted by molar-refractivity contribution is 0.101. The number of fused-ring (bicyclic) bond motifs is 1. The number of nitrogens with one attached hydrogen (secondary N) is 1. The lowest BCUT2D eigenvalue weighted by atomic mass is 10.2. The van der Waals surface area contributed by atoms with E-state index in [0.717, 1.165) is 6.07 Å². The second-order valence-electron chi connectivity index (χ2n) is 7.55. The number of nitrogens with zero attached hydrogens (tertiary/aromatic N) is 6. The van der Waals surface area contributed by atoms with Gasteiger partial charge in [0.15, 0.2) is 17.3 Å². The molecule has 0 aliphatic carbocycles. The number of anilines is 1. The number of aromatic nitrogens is 6. The maximum absolute atomic E-state index is 14.8. The minimum absolute atomic E-state index is 0.0707. The molecule has 1 N–H and O–H groups in total. The molecule has 180 valence electrons. The molecule has 0 radical (unpaired) electrons. The molecule has 0 fully saturated rings. The Hall–Kier alpha value is -5.13. The van der Waals surface area contributed by atoms with E-state index in [1.807, 2.05) is 0 Å². The molecule has 1 amide bonds. The van der Waals surface area contributed by atoms with Crippen LogP contribution in [0.25, 0.3) is 11.3 Å². The van der Waals surface area contributed by atoms with E-state index in [0.29, 0.717) is 22.9 Å². The molecule has 0 saturated carbocycles. The predicted molar refractivity (Wildman–Crippen MR) is 126 cm³/mol. The van der Waals surface area contributed by atoms with E-state index in [1.165, 1.54) is 35.3 Å². The van der Waals surface area contributed by atoms with Gasteiger partial charge in [-0.25, -0.2) is 14.1 Å². The van der Waals surface area contributed by atoms with Gasteiger partial charge in [0.2, 0.25) is 11.1 Å². The van der Waals surface area contributed by atoms with Crippen molar-refractivity contribution in [2.24, 2.45) is 0 Å². The molecule has 0 bridgehead atoms. The van der Waals surface area contributed by atoms with Gasteiger partial charge in [-0.05, 0) is 43.3 Å². The smallest absolute Gasteiger partial charge is 0.280 e. The van der Waals surface area contributed by atoms with Crippen molar-refractivity contribution in [1.29, 1.82) is 0 Å². The van der Waals surface area contributed by atoms with E-state index >= 15 is 0 Å². The van der Waals surface area contributed by atoms with Crippen molar-refractivity contribution >= 4 is 17.2 Å². The van der Waals surface area contributed by atoms with Gasteiger partial charge in [-0.1, -0.05) is 0 Å². The maximum atomic E-state index is 14.8. The van der Waals surface area contributed by atoms with Gasteiger partial charge in [-0.15, -0.1) is 10.2 Å². The van der Waals surface area contributed by atoms with Crippen LogP contribution in [0.1, 0.15) is 16.3 Å². The highest BCUT2D eigenvalue weighted by atomic mass is 19.1. The Morgan fingerprint density at radius 3 is 2.61 bits per heavy atom. The number of rotatable bonds is 6. The summed E-state index contributed by atoms with van der Waals surface area (Å²) in [6.45, 7) is 1.76. The highest BCUT2D eigenvalue weighted by Crippen LogP contribution is 2.27. The molecule has 5 aromatic rings. The summed E-state index contributed by atoms with van der Waals surface area (Å²) in [5.74, 6) is -0.339. The average Bonchev–Trinajstić information content (AvgIpc) is 3.27. The standard InChI is InChI=1S/C24H18FN7O4/c1-14-28-29-22-24(26-10-12-31(14)22)36-20-8-3-15(13-18(20)25)27-23(34)21-19(33)9-11-32(30-21)16-4-6-17(35-2)7-5-16/h3-13H,1-2H3,(H,27,34). The summed E-state index contributed by atoms with van der Waals surface area (Å²) in [6, 6.07) is 11.9. The molecule has 36 heavy (non-hydrogen) atoms. The zero-order chi connectivity index (χ0) is 25.2. The van der Waals surface area contributed by atoms with Crippen LogP contribution >= 0.6 is 0 Å². The minimum atomic E-state index is -0.790. The maximum Gasteiger partial charge on any atom is 0.280 e. The third-order valence-electron chi connectivity index (χ3n) is 5.22. The van der Waals surface area contributed by atoms with Crippen LogP contribution in [0.2, 0.25) is 0 Å². The number of benzene rings is 2. The van der Waals surface area contributed by atoms with E-state index in [2.05, 4.69) is 25.6 Å². The minimum Gasteiger partial charge on any atom is -0.497 e. The molecule has 0 spiro atoms. The lowest BCUT2D eigenvalue weighted by Gasteiger charge is -2.10. The first kappa shape index (κ1) is 22.7. The number of amides is 1. The van der Waals surface area contributed by atoms with Crippen LogP contribution in [0.15, 0.2) is 71.9 Å². The molecule has 0 aliphatic heterocycles. The number of aryl methyl sites for hydroxylation is 1. The Bertz CT molecular complexity index is 1650. The topological polar surface area (TPSA) is 126 Å². The SMILES string of the molecule is COc1ccc(-n2ccc(=O)c(C(=O)Nc3ccc(Oc4nccn5c(C)nnc45)c(F)c3)n2)cc1. The van der Waals surface area contributed by atoms with Gasteiger partial charge in [0.1, 0.15) is 11.6 Å². The van der Waals surface area contributed by atoms with E-state index in [9.17, 15) is 14.0 Å². The largest absolute Gasteiger partial charge is 0.497 e. The molecule has 11 nitrogen and oxygen atoms in total. The Labute approximate surface area is 202 Å². The molecule has 0 aliphatic rings. The fraction of sp³-hybridized carbons (Fsp3) is 0.0833. The summed E-state index contributed by atoms with van der Waals surface area (Å²) in [5, 5.41) is 14.5. The van der Waals surface area contributed by atoms with Crippen molar-refractivity contribution in [1.82, 2.24) is 29.4 Å². The molecule has 0 atom stereocenters. The summed E-state index contributed by atoms with van der Waals surface area (Å²) in [5.41, 5.74) is 0.113. The van der Waals surface area contributed by atoms with Crippen molar-refractivity contribution in [3.63, 3.8) is 0 Å². The van der Waals surface area contributed by atoms with Crippen LogP contribution in [-0.2, 0) is 0 Å². The zero-order valence-electron chi connectivity index (χ0n) is 19.0. The molecule has 3 heterocycles. The van der Waals surface area contributed by atoms with Crippen LogP contribution in [0.3, 0.4) is 0 Å². The second kappa shape index (κ2) is 9.25. The number of halogens is 1. The molecular formula is C24H18FN7O4. The fourth-order valence-electron chi connectivity index (χ4n) is 3.39. The van der Waals surface area contributed by atoms with Crippen LogP contribution in [0, 0.1) is 12.7 Å². The number of hydrogen-bond donors (Lipinski definition) is 1. The van der Waals surface area contributed by atoms with Crippen molar-refractivity contribution < 1.29 is 18.7 Å². The first-order valence-corrected chi connectivity index (χ1v) is 10.6. The summed E-state index contributed by atoms with van der Waals surface area (Å²) in [7, 11) is 1.55. The number of carbonyl (C=O) groups is 1. The van der Waals surface area contributed by atoms with Crippen LogP contribution in [0.4, 0.5) is 10.1 Å². The fourth-order valence-corrected chi connectivity index (χ4v) is 3.39. The van der Waals surface area contributed by atoms with Crippen LogP contribution in [-0.4, -0.2) is 42.4 Å². The van der Waals surface area contributed by atoms with Crippen LogP contribution < -0.4 is 20.2 Å². The van der Waals surface area contributed by atoms with Crippen molar-refractivity contribution in [3.8, 4) is 23.1 Å². The van der Waals surface area contributed by atoms with Crippen molar-refractivity contribution in [2.75, 3.05) is 12.4 Å². The average molecular weight is 487 g/mol. The van der Waals surface area contributed by atoms with E-state index in [4.69, 9.17) is 9.47 Å². The quantitative estimate of drug-likeness (QED) is 0.387. The molecular weight excluding hydrogens is 469 g/mol. The van der Waals surface area contributed by atoms with Gasteiger partial charge in [0.25, 0.3) is 11.8 Å². The number of ether oxygens (including phenoxy) is 2. The highest BCUT2D eigenvalue weighted by molar-refractivity contribution is 6.02. The molecule has 3 aromatic heterocycles. The Morgan fingerprint density at radius 2 is 1.86 bits per heavy atom. The molecule has 2 aromatic carbocycles. The first-order chi connectivity index (χ1) is 17.4. The van der Waals surface area contributed by atoms with Gasteiger partial charge >= 0.3 is 0 Å². The number of methoxy groups -OCH3 is 1. The monoisotopic (exact) mass is 487 g/mol. The molecule has 5 rings (SSSR count). The van der Waals surface area contributed by atoms with Gasteiger partial charge in [0, 0.05) is 36.4 Å². The van der Waals surface area contributed by atoms with Gasteiger partial charge in [0.05, 0.1) is 12.8 Å². The first-order valence-electron chi connectivity index (χ1n) is 10.6.